The molecule has 0 bridgehead atoms. The molecule has 0 spiro atoms. The molecule has 9 heteroatoms. The van der Waals surface area contributed by atoms with Crippen LogP contribution < -0.4 is 16.2 Å². The lowest BCUT2D eigenvalue weighted by atomic mass is 9.98. The summed E-state index contributed by atoms with van der Waals surface area (Å²) in [6.07, 6.45) is 4.69. The summed E-state index contributed by atoms with van der Waals surface area (Å²) in [4.78, 5) is 32.0. The largest absolute Gasteiger partial charge is 0.335 e. The molecular formula is C28H25FN6O2. The van der Waals surface area contributed by atoms with Crippen molar-refractivity contribution in [3.8, 4) is 11.1 Å². The molecule has 3 aromatic carbocycles. The van der Waals surface area contributed by atoms with Gasteiger partial charge in [-0.2, -0.15) is 5.10 Å². The summed E-state index contributed by atoms with van der Waals surface area (Å²) in [7, 11) is 0. The second-order valence-electron chi connectivity index (χ2n) is 9.43. The average molecular weight is 497 g/mol. The van der Waals surface area contributed by atoms with Crippen LogP contribution in [0.3, 0.4) is 0 Å². The van der Waals surface area contributed by atoms with Crippen molar-refractivity contribution in [2.24, 2.45) is 0 Å². The SMILES string of the molecule is O=C(Nc1nc2ccc(-c3cc(Cc4n[nH]c(=O)c5ccccc45)ccc3F)cc2[nH]1)NC1CCCC1. The lowest BCUT2D eigenvalue weighted by Gasteiger charge is -2.11. The smallest absolute Gasteiger partial charge is 0.321 e. The van der Waals surface area contributed by atoms with E-state index >= 15 is 0 Å². The summed E-state index contributed by atoms with van der Waals surface area (Å²) < 4.78 is 14.9. The number of imidazole rings is 1. The van der Waals surface area contributed by atoms with Crippen LogP contribution in [0.15, 0.2) is 65.5 Å². The number of hydrogen-bond donors (Lipinski definition) is 4. The van der Waals surface area contributed by atoms with Gasteiger partial charge in [-0.05, 0) is 54.3 Å². The number of anilines is 1. The van der Waals surface area contributed by atoms with E-state index in [2.05, 4.69) is 30.8 Å². The highest BCUT2D eigenvalue weighted by atomic mass is 19.1. The van der Waals surface area contributed by atoms with E-state index in [0.717, 1.165) is 36.6 Å². The molecule has 1 fully saturated rings. The summed E-state index contributed by atoms with van der Waals surface area (Å²) >= 11 is 0. The number of urea groups is 1. The van der Waals surface area contributed by atoms with Gasteiger partial charge in [0.2, 0.25) is 5.95 Å². The Labute approximate surface area is 211 Å². The van der Waals surface area contributed by atoms with Crippen molar-refractivity contribution in [1.82, 2.24) is 25.5 Å². The van der Waals surface area contributed by atoms with E-state index in [1.54, 1.807) is 30.3 Å². The maximum absolute atomic E-state index is 14.9. The molecular weight excluding hydrogens is 471 g/mol. The number of nitrogens with one attached hydrogen (secondary N) is 4. The van der Waals surface area contributed by atoms with Gasteiger partial charge in [-0.15, -0.1) is 0 Å². The molecule has 4 N–H and O–H groups in total. The Bertz CT molecular complexity index is 1690. The minimum Gasteiger partial charge on any atom is -0.335 e. The summed E-state index contributed by atoms with van der Waals surface area (Å²) in [5, 5.41) is 13.9. The van der Waals surface area contributed by atoms with E-state index in [1.165, 1.54) is 6.07 Å². The van der Waals surface area contributed by atoms with Gasteiger partial charge in [-0.3, -0.25) is 10.1 Å². The molecule has 1 aliphatic carbocycles. The van der Waals surface area contributed by atoms with Crippen LogP contribution in [0.2, 0.25) is 0 Å². The molecule has 0 unspecified atom stereocenters. The third-order valence-corrected chi connectivity index (χ3v) is 6.89. The predicted molar refractivity (Wildman–Crippen MR) is 141 cm³/mol. The van der Waals surface area contributed by atoms with Crippen LogP contribution in [0.4, 0.5) is 15.1 Å². The van der Waals surface area contributed by atoms with Gasteiger partial charge in [0.15, 0.2) is 0 Å². The predicted octanol–water partition coefficient (Wildman–Crippen LogP) is 5.26. The number of nitrogens with zero attached hydrogens (tertiary/aromatic N) is 2. The molecule has 8 nitrogen and oxygen atoms in total. The Hall–Kier alpha value is -4.53. The van der Waals surface area contributed by atoms with Gasteiger partial charge in [0.25, 0.3) is 5.56 Å². The Kier molecular flexibility index (Phi) is 5.88. The highest BCUT2D eigenvalue weighted by Crippen LogP contribution is 2.29. The number of aromatic nitrogens is 4. The van der Waals surface area contributed by atoms with Gasteiger partial charge in [-0.1, -0.05) is 43.2 Å². The second kappa shape index (κ2) is 9.50. The van der Waals surface area contributed by atoms with Crippen molar-refractivity contribution in [3.63, 3.8) is 0 Å². The zero-order valence-electron chi connectivity index (χ0n) is 20.0. The first-order valence-electron chi connectivity index (χ1n) is 12.4. The lowest BCUT2D eigenvalue weighted by Crippen LogP contribution is -2.36. The van der Waals surface area contributed by atoms with Gasteiger partial charge >= 0.3 is 6.03 Å². The molecule has 2 aromatic heterocycles. The highest BCUT2D eigenvalue weighted by Gasteiger charge is 2.18. The van der Waals surface area contributed by atoms with Crippen LogP contribution in [-0.2, 0) is 6.42 Å². The standard InChI is InChI=1S/C28H25FN6O2/c29-22-11-9-16(14-24-19-7-3-4-8-20(19)26(36)35-34-24)13-21(22)17-10-12-23-25(15-17)32-27(31-23)33-28(37)30-18-5-1-2-6-18/h3-4,7-13,15,18H,1-2,5-6,14H2,(H,35,36)(H3,30,31,32,33,37). The fourth-order valence-electron chi connectivity index (χ4n) is 5.04. The van der Waals surface area contributed by atoms with E-state index in [-0.39, 0.29) is 23.4 Å². The van der Waals surface area contributed by atoms with Crippen molar-refractivity contribution in [3.05, 3.63) is 88.1 Å². The minimum absolute atomic E-state index is 0.204. The van der Waals surface area contributed by atoms with E-state index < -0.39 is 0 Å². The molecule has 5 aromatic rings. The van der Waals surface area contributed by atoms with Gasteiger partial charge in [0.05, 0.1) is 22.1 Å². The van der Waals surface area contributed by atoms with Crippen LogP contribution in [0, 0.1) is 5.82 Å². The van der Waals surface area contributed by atoms with Crippen LogP contribution >= 0.6 is 0 Å². The summed E-state index contributed by atoms with van der Waals surface area (Å²) in [5.41, 5.74) is 3.80. The molecule has 0 atom stereocenters. The number of hydrogen-bond acceptors (Lipinski definition) is 4. The van der Waals surface area contributed by atoms with E-state index in [1.807, 2.05) is 24.3 Å². The fourth-order valence-corrected chi connectivity index (χ4v) is 5.04. The Morgan fingerprint density at radius 1 is 1.03 bits per heavy atom. The summed E-state index contributed by atoms with van der Waals surface area (Å²) in [6, 6.07) is 17.6. The number of rotatable bonds is 5. The highest BCUT2D eigenvalue weighted by molar-refractivity contribution is 5.91. The molecule has 1 saturated carbocycles. The van der Waals surface area contributed by atoms with Crippen LogP contribution in [0.25, 0.3) is 32.9 Å². The number of H-pyrrole nitrogens is 2. The maximum Gasteiger partial charge on any atom is 0.321 e. The first-order chi connectivity index (χ1) is 18.0. The zero-order valence-corrected chi connectivity index (χ0v) is 20.0. The number of amides is 2. The number of carbonyl (C=O) groups excluding carboxylic acids is 1. The van der Waals surface area contributed by atoms with Gasteiger partial charge < -0.3 is 10.3 Å². The van der Waals surface area contributed by atoms with E-state index in [4.69, 9.17) is 0 Å². The minimum atomic E-state index is -0.351. The zero-order chi connectivity index (χ0) is 25.4. The number of benzene rings is 3. The Morgan fingerprint density at radius 2 is 1.84 bits per heavy atom. The number of halogens is 1. The molecule has 0 radical (unpaired) electrons. The molecule has 37 heavy (non-hydrogen) atoms. The molecule has 186 valence electrons. The molecule has 0 aliphatic heterocycles. The quantitative estimate of drug-likeness (QED) is 0.266. The number of aromatic amines is 2. The van der Waals surface area contributed by atoms with Gasteiger partial charge in [-0.25, -0.2) is 19.3 Å². The number of fused-ring (bicyclic) bond motifs is 2. The van der Waals surface area contributed by atoms with Crippen molar-refractivity contribution >= 4 is 33.8 Å². The molecule has 0 saturated heterocycles. The van der Waals surface area contributed by atoms with E-state index in [0.29, 0.717) is 45.6 Å². The van der Waals surface area contributed by atoms with Crippen molar-refractivity contribution in [1.29, 1.82) is 0 Å². The monoisotopic (exact) mass is 496 g/mol. The summed E-state index contributed by atoms with van der Waals surface area (Å²) in [5.74, 6) is -0.0101. The molecule has 1 aliphatic rings. The maximum atomic E-state index is 14.9. The van der Waals surface area contributed by atoms with Crippen molar-refractivity contribution in [2.75, 3.05) is 5.32 Å². The normalized spacial score (nSPS) is 13.9. The second-order valence-corrected chi connectivity index (χ2v) is 9.43. The van der Waals surface area contributed by atoms with Crippen LogP contribution in [0.5, 0.6) is 0 Å². The van der Waals surface area contributed by atoms with Gasteiger partial charge in [0, 0.05) is 23.4 Å². The van der Waals surface area contributed by atoms with E-state index in [9.17, 15) is 14.0 Å². The van der Waals surface area contributed by atoms with Gasteiger partial charge in [0.1, 0.15) is 5.82 Å². The van der Waals surface area contributed by atoms with Crippen molar-refractivity contribution in [2.45, 2.75) is 38.1 Å². The Morgan fingerprint density at radius 3 is 2.68 bits per heavy atom. The van der Waals surface area contributed by atoms with Crippen molar-refractivity contribution < 1.29 is 9.18 Å². The average Bonchev–Trinajstić information content (AvgIpc) is 3.55. The third kappa shape index (κ3) is 4.67. The third-order valence-electron chi connectivity index (χ3n) is 6.89. The molecule has 2 heterocycles. The lowest BCUT2D eigenvalue weighted by molar-refractivity contribution is 0.248. The Balaban J connectivity index is 1.26. The molecule has 2 amide bonds. The van der Waals surface area contributed by atoms with Crippen LogP contribution in [-0.4, -0.2) is 32.2 Å². The fraction of sp³-hybridized carbons (Fsp3) is 0.214. The first kappa shape index (κ1) is 22.9. The molecule has 6 rings (SSSR count). The number of carbonyl (C=O) groups is 1. The van der Waals surface area contributed by atoms with Crippen LogP contribution in [0.1, 0.15) is 36.9 Å². The first-order valence-corrected chi connectivity index (χ1v) is 12.4. The summed E-state index contributed by atoms with van der Waals surface area (Å²) in [6.45, 7) is 0. The topological polar surface area (TPSA) is 116 Å².